The average molecular weight is 426 g/mol. The lowest BCUT2D eigenvalue weighted by molar-refractivity contribution is 0.0600. The molecule has 0 amide bonds. The Labute approximate surface area is 170 Å². The minimum atomic E-state index is -3.75. The van der Waals surface area contributed by atoms with Crippen LogP contribution in [0.3, 0.4) is 0 Å². The van der Waals surface area contributed by atoms with Gasteiger partial charge in [-0.3, -0.25) is 0 Å². The topological polar surface area (TPSA) is 81.7 Å². The number of esters is 1. The third kappa shape index (κ3) is 6.22. The molecule has 0 unspecified atom stereocenters. The quantitative estimate of drug-likeness (QED) is 0.487. The van der Waals surface area contributed by atoms with Crippen LogP contribution in [0.25, 0.3) is 0 Å². The number of sulfonamides is 1. The first kappa shape index (κ1) is 22.2. The molecule has 0 aliphatic heterocycles. The molecule has 0 spiro atoms. The Morgan fingerprint density at radius 2 is 1.82 bits per heavy atom. The summed E-state index contributed by atoms with van der Waals surface area (Å²) in [6, 6.07) is 11.7. The van der Waals surface area contributed by atoms with Crippen LogP contribution in [0, 0.1) is 0 Å². The Kier molecular flexibility index (Phi) is 7.86. The van der Waals surface area contributed by atoms with Crippen LogP contribution < -0.4 is 9.46 Å². The van der Waals surface area contributed by atoms with Crippen molar-refractivity contribution in [3.63, 3.8) is 0 Å². The first-order valence-corrected chi connectivity index (χ1v) is 10.7. The standard InChI is InChI=1S/C20H24ClNO5S/c1-14(2)27-16-8-6-15(7-9-16)5-4-12-22-28(24,25)17-10-11-19(21)18(13-17)20(23)26-3/h6-11,13-14,22H,4-5,12H2,1-3H3. The number of nitrogens with one attached hydrogen (secondary N) is 1. The zero-order valence-corrected chi connectivity index (χ0v) is 17.6. The summed E-state index contributed by atoms with van der Waals surface area (Å²) in [6.45, 7) is 4.20. The predicted molar refractivity (Wildman–Crippen MR) is 109 cm³/mol. The molecule has 0 saturated carbocycles. The van der Waals surface area contributed by atoms with Gasteiger partial charge in [0.1, 0.15) is 5.75 Å². The van der Waals surface area contributed by atoms with Gasteiger partial charge in [0.05, 0.1) is 28.7 Å². The van der Waals surface area contributed by atoms with Crippen molar-refractivity contribution in [3.05, 3.63) is 58.6 Å². The Morgan fingerprint density at radius 3 is 2.43 bits per heavy atom. The van der Waals surface area contributed by atoms with E-state index in [1.807, 2.05) is 38.1 Å². The summed E-state index contributed by atoms with van der Waals surface area (Å²) in [5.41, 5.74) is 1.10. The Balaban J connectivity index is 1.92. The third-order valence-electron chi connectivity index (χ3n) is 3.88. The highest BCUT2D eigenvalue weighted by Gasteiger charge is 2.18. The number of methoxy groups -OCH3 is 1. The number of carbonyl (C=O) groups is 1. The lowest BCUT2D eigenvalue weighted by atomic mass is 10.1. The molecule has 28 heavy (non-hydrogen) atoms. The van der Waals surface area contributed by atoms with Crippen molar-refractivity contribution in [2.75, 3.05) is 13.7 Å². The van der Waals surface area contributed by atoms with Crippen molar-refractivity contribution in [1.82, 2.24) is 4.72 Å². The highest BCUT2D eigenvalue weighted by atomic mass is 35.5. The van der Waals surface area contributed by atoms with Gasteiger partial charge in [0.25, 0.3) is 0 Å². The number of carbonyl (C=O) groups excluding carboxylic acids is 1. The van der Waals surface area contributed by atoms with Crippen LogP contribution in [0.2, 0.25) is 5.02 Å². The Bertz CT molecular complexity index is 911. The van der Waals surface area contributed by atoms with E-state index >= 15 is 0 Å². The van der Waals surface area contributed by atoms with E-state index < -0.39 is 16.0 Å². The van der Waals surface area contributed by atoms with Crippen molar-refractivity contribution < 1.29 is 22.7 Å². The lowest BCUT2D eigenvalue weighted by Gasteiger charge is -2.11. The van der Waals surface area contributed by atoms with Gasteiger partial charge in [-0.1, -0.05) is 23.7 Å². The smallest absolute Gasteiger partial charge is 0.339 e. The van der Waals surface area contributed by atoms with Gasteiger partial charge in [-0.2, -0.15) is 0 Å². The van der Waals surface area contributed by atoms with E-state index in [9.17, 15) is 13.2 Å². The molecule has 0 heterocycles. The largest absolute Gasteiger partial charge is 0.491 e. The van der Waals surface area contributed by atoms with Gasteiger partial charge in [0.2, 0.25) is 10.0 Å². The van der Waals surface area contributed by atoms with Gasteiger partial charge in [-0.15, -0.1) is 0 Å². The molecule has 2 aromatic rings. The average Bonchev–Trinajstić information content (AvgIpc) is 2.65. The van der Waals surface area contributed by atoms with Gasteiger partial charge in [0.15, 0.2) is 0 Å². The molecule has 1 N–H and O–H groups in total. The van der Waals surface area contributed by atoms with E-state index in [0.29, 0.717) is 6.42 Å². The van der Waals surface area contributed by atoms with Crippen LogP contribution in [-0.4, -0.2) is 34.1 Å². The molecule has 0 bridgehead atoms. The van der Waals surface area contributed by atoms with Gasteiger partial charge >= 0.3 is 5.97 Å². The van der Waals surface area contributed by atoms with Crippen molar-refractivity contribution >= 4 is 27.6 Å². The summed E-state index contributed by atoms with van der Waals surface area (Å²) in [4.78, 5) is 11.6. The Morgan fingerprint density at radius 1 is 1.14 bits per heavy atom. The van der Waals surface area contributed by atoms with Crippen LogP contribution in [0.15, 0.2) is 47.4 Å². The molecular weight excluding hydrogens is 402 g/mol. The second-order valence-electron chi connectivity index (χ2n) is 6.45. The first-order valence-electron chi connectivity index (χ1n) is 8.86. The molecule has 0 aliphatic rings. The van der Waals surface area contributed by atoms with Crippen molar-refractivity contribution in [3.8, 4) is 5.75 Å². The van der Waals surface area contributed by atoms with E-state index in [1.54, 1.807) is 0 Å². The molecular formula is C20H24ClNO5S. The molecule has 0 atom stereocenters. The molecule has 0 radical (unpaired) electrons. The van der Waals surface area contributed by atoms with Crippen molar-refractivity contribution in [2.24, 2.45) is 0 Å². The molecule has 6 nitrogen and oxygen atoms in total. The van der Waals surface area contributed by atoms with Gasteiger partial charge in [0, 0.05) is 6.54 Å². The zero-order chi connectivity index (χ0) is 20.7. The van der Waals surface area contributed by atoms with Crippen LogP contribution in [0.4, 0.5) is 0 Å². The fraction of sp³-hybridized carbons (Fsp3) is 0.350. The maximum Gasteiger partial charge on any atom is 0.339 e. The van der Waals surface area contributed by atoms with Crippen LogP contribution >= 0.6 is 11.6 Å². The lowest BCUT2D eigenvalue weighted by Crippen LogP contribution is -2.25. The van der Waals surface area contributed by atoms with Crippen LogP contribution in [0.5, 0.6) is 5.75 Å². The summed E-state index contributed by atoms with van der Waals surface area (Å²) >= 11 is 5.93. The van der Waals surface area contributed by atoms with Crippen molar-refractivity contribution in [2.45, 2.75) is 37.7 Å². The number of rotatable bonds is 9. The van der Waals surface area contributed by atoms with E-state index in [0.717, 1.165) is 17.7 Å². The number of hydrogen-bond acceptors (Lipinski definition) is 5. The Hall–Kier alpha value is -2.09. The molecule has 2 aromatic carbocycles. The molecule has 0 aromatic heterocycles. The first-order chi connectivity index (χ1) is 13.2. The third-order valence-corrected chi connectivity index (χ3v) is 5.67. The summed E-state index contributed by atoms with van der Waals surface area (Å²) in [7, 11) is -2.54. The summed E-state index contributed by atoms with van der Waals surface area (Å²) in [6.07, 6.45) is 1.47. The molecule has 0 saturated heterocycles. The highest BCUT2D eigenvalue weighted by molar-refractivity contribution is 7.89. The second-order valence-corrected chi connectivity index (χ2v) is 8.62. The highest BCUT2D eigenvalue weighted by Crippen LogP contribution is 2.21. The number of ether oxygens (including phenoxy) is 2. The number of halogens is 1. The monoisotopic (exact) mass is 425 g/mol. The normalized spacial score (nSPS) is 11.5. The van der Waals surface area contributed by atoms with Gasteiger partial charge < -0.3 is 9.47 Å². The van der Waals surface area contributed by atoms with E-state index in [1.165, 1.54) is 25.3 Å². The van der Waals surface area contributed by atoms with Crippen LogP contribution in [0.1, 0.15) is 36.2 Å². The second kappa shape index (κ2) is 9.91. The van der Waals surface area contributed by atoms with Gasteiger partial charge in [-0.05, 0) is 62.6 Å². The number of aryl methyl sites for hydroxylation is 1. The fourth-order valence-electron chi connectivity index (χ4n) is 2.53. The molecule has 152 valence electrons. The number of hydrogen-bond donors (Lipinski definition) is 1. The molecule has 8 heteroatoms. The predicted octanol–water partition coefficient (Wildman–Crippen LogP) is 3.82. The zero-order valence-electron chi connectivity index (χ0n) is 16.1. The van der Waals surface area contributed by atoms with E-state index in [-0.39, 0.29) is 28.1 Å². The molecule has 2 rings (SSSR count). The SMILES string of the molecule is COC(=O)c1cc(S(=O)(=O)NCCCc2ccc(OC(C)C)cc2)ccc1Cl. The fourth-order valence-corrected chi connectivity index (χ4v) is 3.82. The molecule has 0 fully saturated rings. The summed E-state index contributed by atoms with van der Waals surface area (Å²) in [5.74, 6) is 0.121. The van der Waals surface area contributed by atoms with E-state index in [2.05, 4.69) is 9.46 Å². The maximum atomic E-state index is 12.4. The molecule has 0 aliphatic carbocycles. The van der Waals surface area contributed by atoms with Crippen molar-refractivity contribution in [1.29, 1.82) is 0 Å². The number of benzene rings is 2. The maximum absolute atomic E-state index is 12.4. The summed E-state index contributed by atoms with van der Waals surface area (Å²) < 4.78 is 37.6. The van der Waals surface area contributed by atoms with Gasteiger partial charge in [-0.25, -0.2) is 17.9 Å². The van der Waals surface area contributed by atoms with E-state index in [4.69, 9.17) is 16.3 Å². The van der Waals surface area contributed by atoms with Crippen LogP contribution in [-0.2, 0) is 21.2 Å². The minimum Gasteiger partial charge on any atom is -0.491 e. The summed E-state index contributed by atoms with van der Waals surface area (Å²) in [5, 5.41) is 0.135. The minimum absolute atomic E-state index is 0.00995.